The highest BCUT2D eigenvalue weighted by Crippen LogP contribution is 2.35. The molecule has 1 aromatic heterocycles. The van der Waals surface area contributed by atoms with Crippen molar-refractivity contribution in [3.8, 4) is 0 Å². The maximum Gasteiger partial charge on any atom is 0.264 e. The third-order valence-corrected chi connectivity index (χ3v) is 7.03. The molecule has 7 nitrogen and oxygen atoms in total. The molecule has 3 aromatic rings. The van der Waals surface area contributed by atoms with E-state index in [0.29, 0.717) is 25.8 Å². The molecule has 2 aromatic carbocycles. The van der Waals surface area contributed by atoms with Crippen LogP contribution in [0.15, 0.2) is 52.6 Å². The molecule has 33 heavy (non-hydrogen) atoms. The van der Waals surface area contributed by atoms with Gasteiger partial charge < -0.3 is 14.6 Å². The molecule has 2 aliphatic heterocycles. The summed E-state index contributed by atoms with van der Waals surface area (Å²) in [6.45, 7) is 5.29. The summed E-state index contributed by atoms with van der Waals surface area (Å²) in [6, 6.07) is 11.2. The van der Waals surface area contributed by atoms with Gasteiger partial charge in [-0.15, -0.1) is 0 Å². The molecule has 170 valence electrons. The van der Waals surface area contributed by atoms with E-state index < -0.39 is 0 Å². The van der Waals surface area contributed by atoms with E-state index in [2.05, 4.69) is 30.8 Å². The highest BCUT2D eigenvalue weighted by Gasteiger charge is 2.24. The minimum atomic E-state index is -0.206. The van der Waals surface area contributed by atoms with Crippen molar-refractivity contribution in [2.45, 2.75) is 6.54 Å². The number of nitrogens with zero attached hydrogens (tertiary/aromatic N) is 4. The smallest absolute Gasteiger partial charge is 0.264 e. The standard InChI is InChI=1S/C23H21Cl2N5O2S/c24-16-2-1-3-17(25)21(16)27-23-28-22(31)20(33-23)13-15-4-5-18-19(12-15)30(14-26-18)7-6-29-8-10-32-11-9-29/h1-5,12-14H,6-11H2,(H,27,28,31)/b20-13+. The lowest BCUT2D eigenvalue weighted by molar-refractivity contribution is -0.115. The Balaban J connectivity index is 1.35. The van der Waals surface area contributed by atoms with Crippen LogP contribution in [-0.4, -0.2) is 58.4 Å². The molecule has 3 heterocycles. The Labute approximate surface area is 205 Å². The van der Waals surface area contributed by atoms with Crippen LogP contribution < -0.4 is 5.32 Å². The lowest BCUT2D eigenvalue weighted by atomic mass is 10.2. The number of hydrogen-bond donors (Lipinski definition) is 1. The molecule has 0 radical (unpaired) electrons. The molecule has 2 aliphatic rings. The van der Waals surface area contributed by atoms with Gasteiger partial charge in [0.2, 0.25) is 0 Å². The minimum Gasteiger partial charge on any atom is -0.379 e. The number of morpholine rings is 1. The molecule has 5 rings (SSSR count). The highest BCUT2D eigenvalue weighted by molar-refractivity contribution is 8.18. The number of amidine groups is 1. The summed E-state index contributed by atoms with van der Waals surface area (Å²) in [7, 11) is 0. The van der Waals surface area contributed by atoms with Gasteiger partial charge in [-0.2, -0.15) is 0 Å². The lowest BCUT2D eigenvalue weighted by Gasteiger charge is -2.26. The van der Waals surface area contributed by atoms with Crippen molar-refractivity contribution in [2.75, 3.05) is 32.8 Å². The molecule has 1 N–H and O–H groups in total. The molecule has 0 atom stereocenters. The largest absolute Gasteiger partial charge is 0.379 e. The third kappa shape index (κ3) is 5.10. The fraction of sp³-hybridized carbons (Fsp3) is 0.261. The topological polar surface area (TPSA) is 71.8 Å². The van der Waals surface area contributed by atoms with Crippen LogP contribution in [0.1, 0.15) is 5.56 Å². The summed E-state index contributed by atoms with van der Waals surface area (Å²) in [6.07, 6.45) is 3.73. The van der Waals surface area contributed by atoms with Crippen molar-refractivity contribution in [3.63, 3.8) is 0 Å². The van der Waals surface area contributed by atoms with E-state index in [9.17, 15) is 4.79 Å². The molecular formula is C23H21Cl2N5O2S. The summed E-state index contributed by atoms with van der Waals surface area (Å²) in [5, 5.41) is 4.08. The lowest BCUT2D eigenvalue weighted by Crippen LogP contribution is -2.38. The van der Waals surface area contributed by atoms with E-state index in [1.165, 1.54) is 11.8 Å². The SMILES string of the molecule is O=C1NC(=Nc2c(Cl)cccc2Cl)S/C1=C/c1ccc2ncn(CCN3CCOCC3)c2c1. The highest BCUT2D eigenvalue weighted by atomic mass is 35.5. The number of thioether (sulfide) groups is 1. The van der Waals surface area contributed by atoms with Crippen LogP contribution in [-0.2, 0) is 16.1 Å². The Hall–Kier alpha value is -2.36. The second-order valence-electron chi connectivity index (χ2n) is 7.69. The number of carbonyl (C=O) groups is 1. The van der Waals surface area contributed by atoms with Crippen molar-refractivity contribution in [2.24, 2.45) is 4.99 Å². The third-order valence-electron chi connectivity index (χ3n) is 5.51. The van der Waals surface area contributed by atoms with Crippen LogP contribution in [0.2, 0.25) is 10.0 Å². The zero-order valence-electron chi connectivity index (χ0n) is 17.6. The monoisotopic (exact) mass is 501 g/mol. The first-order chi connectivity index (χ1) is 16.1. The Bertz CT molecular complexity index is 1250. The molecule has 1 amide bonds. The fourth-order valence-electron chi connectivity index (χ4n) is 3.74. The van der Waals surface area contributed by atoms with Gasteiger partial charge in [-0.1, -0.05) is 35.3 Å². The average molecular weight is 502 g/mol. The number of nitrogens with one attached hydrogen (secondary N) is 1. The number of ether oxygens (including phenoxy) is 1. The number of aliphatic imine (C=N–C) groups is 1. The van der Waals surface area contributed by atoms with Gasteiger partial charge in [0.15, 0.2) is 5.17 Å². The predicted octanol–water partition coefficient (Wildman–Crippen LogP) is 4.57. The van der Waals surface area contributed by atoms with Crippen molar-refractivity contribution >= 4 is 68.8 Å². The van der Waals surface area contributed by atoms with Gasteiger partial charge in [-0.3, -0.25) is 9.69 Å². The minimum absolute atomic E-state index is 0.206. The van der Waals surface area contributed by atoms with Crippen molar-refractivity contribution < 1.29 is 9.53 Å². The van der Waals surface area contributed by atoms with Crippen LogP contribution in [0.3, 0.4) is 0 Å². The molecule has 0 saturated carbocycles. The van der Waals surface area contributed by atoms with Gasteiger partial charge in [0.1, 0.15) is 5.69 Å². The number of amides is 1. The predicted molar refractivity (Wildman–Crippen MR) is 134 cm³/mol. The molecule has 10 heteroatoms. The number of carbonyl (C=O) groups excluding carboxylic acids is 1. The van der Waals surface area contributed by atoms with Crippen molar-refractivity contribution in [3.05, 3.63) is 63.2 Å². The number of hydrogen-bond acceptors (Lipinski definition) is 6. The summed E-state index contributed by atoms with van der Waals surface area (Å²) in [5.74, 6) is -0.206. The van der Waals surface area contributed by atoms with Gasteiger partial charge in [0.05, 0.1) is 45.5 Å². The Morgan fingerprint density at radius 3 is 2.73 bits per heavy atom. The van der Waals surface area contributed by atoms with Crippen molar-refractivity contribution in [1.82, 2.24) is 19.8 Å². The fourth-order valence-corrected chi connectivity index (χ4v) is 5.05. The second-order valence-corrected chi connectivity index (χ2v) is 9.54. The Morgan fingerprint density at radius 2 is 1.94 bits per heavy atom. The number of imidazole rings is 1. The van der Waals surface area contributed by atoms with E-state index in [4.69, 9.17) is 27.9 Å². The molecule has 0 aliphatic carbocycles. The number of benzene rings is 2. The maximum absolute atomic E-state index is 12.5. The molecule has 0 unspecified atom stereocenters. The first kappa shape index (κ1) is 22.4. The maximum atomic E-state index is 12.5. The van der Waals surface area contributed by atoms with Gasteiger partial charge in [0, 0.05) is 26.2 Å². The molecule has 2 saturated heterocycles. The van der Waals surface area contributed by atoms with E-state index in [1.54, 1.807) is 18.2 Å². The molecule has 2 fully saturated rings. The molecule has 0 bridgehead atoms. The number of rotatable bonds is 5. The molecule has 0 spiro atoms. The first-order valence-corrected chi connectivity index (χ1v) is 12.1. The Morgan fingerprint density at radius 1 is 1.15 bits per heavy atom. The van der Waals surface area contributed by atoms with Crippen molar-refractivity contribution in [1.29, 1.82) is 0 Å². The zero-order chi connectivity index (χ0) is 22.8. The second kappa shape index (κ2) is 9.87. The number of aromatic nitrogens is 2. The normalized spacial score (nSPS) is 19.6. The molecular weight excluding hydrogens is 481 g/mol. The van der Waals surface area contributed by atoms with Crippen LogP contribution in [0.25, 0.3) is 17.1 Å². The first-order valence-electron chi connectivity index (χ1n) is 10.6. The Kier molecular flexibility index (Phi) is 6.71. The van der Waals surface area contributed by atoms with Gasteiger partial charge in [-0.25, -0.2) is 9.98 Å². The average Bonchev–Trinajstić information content (AvgIpc) is 3.38. The summed E-state index contributed by atoms with van der Waals surface area (Å²) < 4.78 is 7.58. The summed E-state index contributed by atoms with van der Waals surface area (Å²) in [5.41, 5.74) is 3.33. The number of halogens is 2. The number of fused-ring (bicyclic) bond motifs is 1. The van der Waals surface area contributed by atoms with Crippen LogP contribution >= 0.6 is 35.0 Å². The summed E-state index contributed by atoms with van der Waals surface area (Å²) in [4.78, 5) is 24.4. The van der Waals surface area contributed by atoms with Gasteiger partial charge in [0.25, 0.3) is 5.91 Å². The van der Waals surface area contributed by atoms with E-state index in [1.807, 2.05) is 24.5 Å². The van der Waals surface area contributed by atoms with Crippen LogP contribution in [0.5, 0.6) is 0 Å². The zero-order valence-corrected chi connectivity index (χ0v) is 20.0. The quantitative estimate of drug-likeness (QED) is 0.518. The van der Waals surface area contributed by atoms with Gasteiger partial charge >= 0.3 is 0 Å². The van der Waals surface area contributed by atoms with E-state index in [0.717, 1.165) is 56.0 Å². The number of para-hydroxylation sites is 1. The van der Waals surface area contributed by atoms with Crippen LogP contribution in [0.4, 0.5) is 5.69 Å². The van der Waals surface area contributed by atoms with E-state index >= 15 is 0 Å². The van der Waals surface area contributed by atoms with Gasteiger partial charge in [-0.05, 0) is 47.7 Å². The van der Waals surface area contributed by atoms with E-state index in [-0.39, 0.29) is 5.91 Å². The van der Waals surface area contributed by atoms with Crippen LogP contribution in [0, 0.1) is 0 Å². The summed E-state index contributed by atoms with van der Waals surface area (Å²) >= 11 is 13.7.